The van der Waals surface area contributed by atoms with Crippen LogP contribution in [0.5, 0.6) is 0 Å². The fourth-order valence-corrected chi connectivity index (χ4v) is 2.19. The topological polar surface area (TPSA) is 97.0 Å². The van der Waals surface area contributed by atoms with Crippen molar-refractivity contribution >= 4 is 17.7 Å². The summed E-state index contributed by atoms with van der Waals surface area (Å²) in [6, 6.07) is -1.30. The maximum absolute atomic E-state index is 12.0. The van der Waals surface area contributed by atoms with Crippen LogP contribution in [0.15, 0.2) is 5.10 Å². The Balaban J connectivity index is 2.80. The number of rotatable bonds is 5. The third-order valence-corrected chi connectivity index (χ3v) is 3.00. The molecule has 0 saturated carbocycles. The van der Waals surface area contributed by atoms with Gasteiger partial charge in [0.15, 0.2) is 0 Å². The Morgan fingerprint density at radius 2 is 2.00 bits per heavy atom. The van der Waals surface area contributed by atoms with Crippen LogP contribution in [0.25, 0.3) is 0 Å². The van der Waals surface area contributed by atoms with E-state index in [0.717, 1.165) is 25.9 Å². The van der Waals surface area contributed by atoms with E-state index in [2.05, 4.69) is 10.5 Å². The smallest absolute Gasteiger partial charge is 0.332 e. The molecule has 7 nitrogen and oxygen atoms in total. The Morgan fingerprint density at radius 1 is 1.37 bits per heavy atom. The quantitative estimate of drug-likeness (QED) is 0.430. The van der Waals surface area contributed by atoms with Crippen molar-refractivity contribution in [1.29, 1.82) is 0 Å². The molecule has 0 radical (unpaired) electrons. The van der Waals surface area contributed by atoms with Gasteiger partial charge in [0.1, 0.15) is 6.04 Å². The maximum Gasteiger partial charge on any atom is 0.332 e. The van der Waals surface area contributed by atoms with Crippen molar-refractivity contribution in [3.8, 4) is 0 Å². The van der Waals surface area contributed by atoms with E-state index in [4.69, 9.17) is 10.5 Å². The number of esters is 1. The number of carbonyl (C=O) groups excluding carboxylic acids is 2. The lowest BCUT2D eigenvalue weighted by Gasteiger charge is -2.32. The Kier molecular flexibility index (Phi) is 6.27. The monoisotopic (exact) mass is 270 g/mol. The molecule has 1 aliphatic rings. The zero-order valence-electron chi connectivity index (χ0n) is 11.5. The highest BCUT2D eigenvalue weighted by Gasteiger charge is 2.31. The number of nitrogens with one attached hydrogen (secondary N) is 1. The minimum absolute atomic E-state index is 0.319. The van der Waals surface area contributed by atoms with Crippen LogP contribution < -0.4 is 11.2 Å². The first-order chi connectivity index (χ1) is 9.06. The van der Waals surface area contributed by atoms with Crippen molar-refractivity contribution in [3.05, 3.63) is 0 Å². The largest absolute Gasteiger partial charge is 0.465 e. The molecule has 1 saturated heterocycles. The van der Waals surface area contributed by atoms with Gasteiger partial charge in [-0.1, -0.05) is 6.42 Å². The molecule has 2 amide bonds. The van der Waals surface area contributed by atoms with Gasteiger partial charge in [-0.2, -0.15) is 5.10 Å². The number of likely N-dealkylation sites (tertiary alicyclic amines) is 1. The van der Waals surface area contributed by atoms with E-state index < -0.39 is 12.1 Å². The molecule has 1 rings (SSSR count). The van der Waals surface area contributed by atoms with Crippen molar-refractivity contribution in [2.75, 3.05) is 19.7 Å². The van der Waals surface area contributed by atoms with Gasteiger partial charge in [-0.3, -0.25) is 4.90 Å². The van der Waals surface area contributed by atoms with Crippen LogP contribution in [0.4, 0.5) is 4.79 Å². The van der Waals surface area contributed by atoms with Crippen molar-refractivity contribution in [3.63, 3.8) is 0 Å². The van der Waals surface area contributed by atoms with E-state index >= 15 is 0 Å². The average Bonchev–Trinajstić information content (AvgIpc) is 2.38. The molecule has 0 aromatic rings. The predicted octanol–water partition coefficient (Wildman–Crippen LogP) is 0.448. The number of hydrogen-bond donors (Lipinski definition) is 2. The van der Waals surface area contributed by atoms with E-state index in [1.165, 1.54) is 6.42 Å². The van der Waals surface area contributed by atoms with Gasteiger partial charge in [-0.15, -0.1) is 0 Å². The summed E-state index contributed by atoms with van der Waals surface area (Å²) < 4.78 is 5.08. The van der Waals surface area contributed by atoms with Gasteiger partial charge in [0.2, 0.25) is 0 Å². The molecule has 1 atom stereocenters. The van der Waals surface area contributed by atoms with Crippen molar-refractivity contribution < 1.29 is 14.3 Å². The number of hydrazone groups is 1. The van der Waals surface area contributed by atoms with Gasteiger partial charge in [-0.25, -0.2) is 15.0 Å². The molecule has 0 aromatic carbocycles. The Morgan fingerprint density at radius 3 is 2.53 bits per heavy atom. The zero-order chi connectivity index (χ0) is 14.3. The van der Waals surface area contributed by atoms with Crippen LogP contribution >= 0.6 is 0 Å². The van der Waals surface area contributed by atoms with Gasteiger partial charge >= 0.3 is 12.0 Å². The summed E-state index contributed by atoms with van der Waals surface area (Å²) in [5, 5.41) is 3.85. The Labute approximate surface area is 113 Å². The molecule has 0 spiro atoms. The van der Waals surface area contributed by atoms with Crippen molar-refractivity contribution in [2.45, 2.75) is 39.2 Å². The second-order valence-electron chi connectivity index (χ2n) is 4.48. The molecule has 1 unspecified atom stereocenters. The summed E-state index contributed by atoms with van der Waals surface area (Å²) in [6.07, 6.45) is 3.26. The number of carbonyl (C=O) groups is 2. The molecule has 0 aromatic heterocycles. The number of hydrogen-bond acceptors (Lipinski definition) is 5. The first kappa shape index (κ1) is 15.4. The number of piperidine rings is 1. The van der Waals surface area contributed by atoms with Gasteiger partial charge in [0.25, 0.3) is 0 Å². The highest BCUT2D eigenvalue weighted by atomic mass is 16.5. The van der Waals surface area contributed by atoms with E-state index in [9.17, 15) is 9.59 Å². The van der Waals surface area contributed by atoms with Crippen LogP contribution in [-0.4, -0.2) is 48.4 Å². The third kappa shape index (κ3) is 4.86. The minimum atomic E-state index is -0.749. The van der Waals surface area contributed by atoms with E-state index in [-0.39, 0.29) is 5.97 Å². The second-order valence-corrected chi connectivity index (χ2v) is 4.48. The van der Waals surface area contributed by atoms with Gasteiger partial charge < -0.3 is 10.5 Å². The number of urea groups is 1. The summed E-state index contributed by atoms with van der Waals surface area (Å²) in [7, 11) is 0. The molecule has 1 heterocycles. The fourth-order valence-electron chi connectivity index (χ4n) is 2.19. The third-order valence-electron chi connectivity index (χ3n) is 3.00. The maximum atomic E-state index is 12.0. The summed E-state index contributed by atoms with van der Waals surface area (Å²) >= 11 is 0. The van der Waals surface area contributed by atoms with Crippen LogP contribution in [0.2, 0.25) is 0 Å². The SMILES string of the molecule is CCOC(=O)C(/C(C)=N/NC(N)=O)N1CCCCC1. The molecular weight excluding hydrogens is 248 g/mol. The summed E-state index contributed by atoms with van der Waals surface area (Å²) in [4.78, 5) is 24.7. The van der Waals surface area contributed by atoms with Crippen LogP contribution in [0.1, 0.15) is 33.1 Å². The molecular formula is C12H22N4O3. The zero-order valence-corrected chi connectivity index (χ0v) is 11.5. The molecule has 3 N–H and O–H groups in total. The van der Waals surface area contributed by atoms with E-state index in [1.54, 1.807) is 13.8 Å². The summed E-state index contributed by atoms with van der Waals surface area (Å²) in [5.41, 5.74) is 7.61. The number of nitrogens with two attached hydrogens (primary N) is 1. The number of nitrogens with zero attached hydrogens (tertiary/aromatic N) is 2. The lowest BCUT2D eigenvalue weighted by molar-refractivity contribution is -0.147. The molecule has 0 bridgehead atoms. The Bertz CT molecular complexity index is 351. The summed E-state index contributed by atoms with van der Waals surface area (Å²) in [6.45, 7) is 5.42. The number of ether oxygens (including phenoxy) is 1. The summed E-state index contributed by atoms with van der Waals surface area (Å²) in [5.74, 6) is -0.336. The lowest BCUT2D eigenvalue weighted by atomic mass is 10.1. The van der Waals surface area contributed by atoms with Gasteiger partial charge in [0.05, 0.1) is 12.3 Å². The first-order valence-electron chi connectivity index (χ1n) is 6.56. The highest BCUT2D eigenvalue weighted by Crippen LogP contribution is 2.14. The molecule has 7 heteroatoms. The standard InChI is InChI=1S/C12H22N4O3/c1-3-19-11(17)10(9(2)14-15-12(13)18)16-7-5-4-6-8-16/h10H,3-8H2,1-2H3,(H3,13,15,18)/b14-9+. The Hall–Kier alpha value is -1.63. The van der Waals surface area contributed by atoms with Crippen molar-refractivity contribution in [1.82, 2.24) is 10.3 Å². The van der Waals surface area contributed by atoms with Crippen LogP contribution in [0.3, 0.4) is 0 Å². The molecule has 0 aliphatic carbocycles. The van der Waals surface area contributed by atoms with E-state index in [1.807, 2.05) is 4.90 Å². The van der Waals surface area contributed by atoms with Gasteiger partial charge in [-0.05, 0) is 39.8 Å². The minimum Gasteiger partial charge on any atom is -0.465 e. The second kappa shape index (κ2) is 7.73. The van der Waals surface area contributed by atoms with E-state index in [0.29, 0.717) is 12.3 Å². The molecule has 1 fully saturated rings. The number of amides is 2. The predicted molar refractivity (Wildman–Crippen MR) is 71.7 cm³/mol. The lowest BCUT2D eigenvalue weighted by Crippen LogP contribution is -2.49. The first-order valence-corrected chi connectivity index (χ1v) is 6.56. The molecule has 1 aliphatic heterocycles. The molecule has 108 valence electrons. The van der Waals surface area contributed by atoms with Crippen molar-refractivity contribution in [2.24, 2.45) is 10.8 Å². The van der Waals surface area contributed by atoms with Crippen LogP contribution in [-0.2, 0) is 9.53 Å². The van der Waals surface area contributed by atoms with Crippen LogP contribution in [0, 0.1) is 0 Å². The highest BCUT2D eigenvalue weighted by molar-refractivity contribution is 6.05. The fraction of sp³-hybridized carbons (Fsp3) is 0.750. The van der Waals surface area contributed by atoms with Gasteiger partial charge in [0, 0.05) is 0 Å². The molecule has 19 heavy (non-hydrogen) atoms. The average molecular weight is 270 g/mol. The number of primary amides is 1. The normalized spacial score (nSPS) is 18.7.